The Morgan fingerprint density at radius 2 is 2.00 bits per heavy atom. The van der Waals surface area contributed by atoms with Crippen LogP contribution in [-0.4, -0.2) is 27.1 Å². The van der Waals surface area contributed by atoms with Gasteiger partial charge in [-0.15, -0.1) is 11.3 Å². The normalized spacial score (nSPS) is 12.5. The zero-order chi connectivity index (χ0) is 17.1. The first kappa shape index (κ1) is 16.4. The van der Waals surface area contributed by atoms with E-state index >= 15 is 0 Å². The highest BCUT2D eigenvalue weighted by molar-refractivity contribution is 7.13. The SMILES string of the molecule is CC(C)CC(Nc1nc(-c2cccs2)nc2ccccc12)C(=O)O. The molecule has 0 fully saturated rings. The van der Waals surface area contributed by atoms with E-state index in [0.29, 0.717) is 18.1 Å². The van der Waals surface area contributed by atoms with Crippen LogP contribution in [0, 0.1) is 5.92 Å². The lowest BCUT2D eigenvalue weighted by molar-refractivity contribution is -0.138. The number of aromatic nitrogens is 2. The number of thiophene rings is 1. The molecule has 1 unspecified atom stereocenters. The molecule has 0 spiro atoms. The minimum Gasteiger partial charge on any atom is -0.480 e. The number of carboxylic acid groups (broad SMARTS) is 1. The number of benzene rings is 1. The number of carboxylic acids is 1. The van der Waals surface area contributed by atoms with Gasteiger partial charge in [0, 0.05) is 5.39 Å². The van der Waals surface area contributed by atoms with Gasteiger partial charge >= 0.3 is 5.97 Å². The van der Waals surface area contributed by atoms with Crippen molar-refractivity contribution in [3.63, 3.8) is 0 Å². The number of hydrogen-bond acceptors (Lipinski definition) is 5. The molecule has 0 saturated carbocycles. The Kier molecular flexibility index (Phi) is 4.76. The predicted molar refractivity (Wildman–Crippen MR) is 97.4 cm³/mol. The topological polar surface area (TPSA) is 75.1 Å². The fourth-order valence-electron chi connectivity index (χ4n) is 2.56. The lowest BCUT2D eigenvalue weighted by Crippen LogP contribution is -2.31. The van der Waals surface area contributed by atoms with Gasteiger partial charge in [-0.25, -0.2) is 14.8 Å². The zero-order valence-corrected chi connectivity index (χ0v) is 14.4. The lowest BCUT2D eigenvalue weighted by atomic mass is 10.0. The second kappa shape index (κ2) is 6.97. The Hall–Kier alpha value is -2.47. The number of rotatable bonds is 6. The van der Waals surface area contributed by atoms with E-state index in [1.165, 1.54) is 0 Å². The van der Waals surface area contributed by atoms with E-state index in [1.54, 1.807) is 11.3 Å². The van der Waals surface area contributed by atoms with E-state index in [0.717, 1.165) is 15.8 Å². The maximum atomic E-state index is 11.6. The van der Waals surface area contributed by atoms with Gasteiger partial charge in [0.15, 0.2) is 5.82 Å². The predicted octanol–water partition coefficient (Wildman–Crippen LogP) is 4.27. The van der Waals surface area contributed by atoms with Crippen LogP contribution in [0.25, 0.3) is 21.6 Å². The first-order chi connectivity index (χ1) is 11.5. The summed E-state index contributed by atoms with van der Waals surface area (Å²) < 4.78 is 0. The number of hydrogen-bond donors (Lipinski definition) is 2. The van der Waals surface area contributed by atoms with E-state index in [4.69, 9.17) is 0 Å². The average Bonchev–Trinajstić information content (AvgIpc) is 3.08. The highest BCUT2D eigenvalue weighted by Crippen LogP contribution is 2.28. The Morgan fingerprint density at radius 3 is 2.67 bits per heavy atom. The van der Waals surface area contributed by atoms with Gasteiger partial charge in [-0.3, -0.25) is 0 Å². The van der Waals surface area contributed by atoms with Crippen molar-refractivity contribution in [1.29, 1.82) is 0 Å². The van der Waals surface area contributed by atoms with Crippen LogP contribution in [0.2, 0.25) is 0 Å². The van der Waals surface area contributed by atoms with Gasteiger partial charge < -0.3 is 10.4 Å². The van der Waals surface area contributed by atoms with Gasteiger partial charge in [0.1, 0.15) is 11.9 Å². The molecule has 0 aliphatic carbocycles. The molecule has 0 aliphatic rings. The van der Waals surface area contributed by atoms with Gasteiger partial charge in [0.2, 0.25) is 0 Å². The molecule has 2 aromatic heterocycles. The maximum absolute atomic E-state index is 11.6. The van der Waals surface area contributed by atoms with Crippen molar-refractivity contribution in [2.45, 2.75) is 26.3 Å². The molecule has 124 valence electrons. The minimum atomic E-state index is -0.871. The van der Waals surface area contributed by atoms with Crippen LogP contribution in [0.5, 0.6) is 0 Å². The molecule has 2 N–H and O–H groups in total. The largest absolute Gasteiger partial charge is 0.480 e. The van der Waals surface area contributed by atoms with Crippen molar-refractivity contribution in [2.24, 2.45) is 5.92 Å². The molecule has 0 bridgehead atoms. The molecule has 5 nitrogen and oxygen atoms in total. The van der Waals surface area contributed by atoms with Crippen LogP contribution < -0.4 is 5.32 Å². The summed E-state index contributed by atoms with van der Waals surface area (Å²) in [5.41, 5.74) is 0.798. The third-order valence-corrected chi connectivity index (χ3v) is 4.53. The van der Waals surface area contributed by atoms with Crippen LogP contribution in [0.4, 0.5) is 5.82 Å². The highest BCUT2D eigenvalue weighted by Gasteiger charge is 2.21. The van der Waals surface area contributed by atoms with E-state index in [-0.39, 0.29) is 5.92 Å². The summed E-state index contributed by atoms with van der Waals surface area (Å²) in [6.07, 6.45) is 0.530. The van der Waals surface area contributed by atoms with Gasteiger partial charge in [0.25, 0.3) is 0 Å². The van der Waals surface area contributed by atoms with Gasteiger partial charge in [-0.2, -0.15) is 0 Å². The number of nitrogens with one attached hydrogen (secondary N) is 1. The molecule has 2 heterocycles. The number of nitrogens with zero attached hydrogens (tertiary/aromatic N) is 2. The summed E-state index contributed by atoms with van der Waals surface area (Å²) in [4.78, 5) is 21.7. The van der Waals surface area contributed by atoms with Crippen LogP contribution in [-0.2, 0) is 4.79 Å². The quantitative estimate of drug-likeness (QED) is 0.700. The van der Waals surface area contributed by atoms with E-state index < -0.39 is 12.0 Å². The van der Waals surface area contributed by atoms with E-state index in [9.17, 15) is 9.90 Å². The Morgan fingerprint density at radius 1 is 1.21 bits per heavy atom. The number of fused-ring (bicyclic) bond motifs is 1. The van der Waals surface area contributed by atoms with Crippen molar-refractivity contribution >= 4 is 34.0 Å². The summed E-state index contributed by atoms with van der Waals surface area (Å²) in [6.45, 7) is 4.01. The first-order valence-corrected chi connectivity index (χ1v) is 8.72. The van der Waals surface area contributed by atoms with E-state index in [2.05, 4.69) is 15.3 Å². The fourth-order valence-corrected chi connectivity index (χ4v) is 3.22. The Bertz CT molecular complexity index is 847. The van der Waals surface area contributed by atoms with Crippen molar-refractivity contribution in [2.75, 3.05) is 5.32 Å². The monoisotopic (exact) mass is 341 g/mol. The summed E-state index contributed by atoms with van der Waals surface area (Å²) in [7, 11) is 0. The molecule has 1 atom stereocenters. The molecule has 0 amide bonds. The Labute approximate surface area is 144 Å². The van der Waals surface area contributed by atoms with Crippen molar-refractivity contribution in [1.82, 2.24) is 9.97 Å². The number of carbonyl (C=O) groups is 1. The van der Waals surface area contributed by atoms with Gasteiger partial charge in [0.05, 0.1) is 10.4 Å². The summed E-state index contributed by atoms with van der Waals surface area (Å²) in [6, 6.07) is 10.9. The van der Waals surface area contributed by atoms with E-state index in [1.807, 2.05) is 55.6 Å². The zero-order valence-electron chi connectivity index (χ0n) is 13.6. The standard InChI is InChI=1S/C18H19N3O2S/c1-11(2)10-14(18(22)23)20-16-12-6-3-4-7-13(12)19-17(21-16)15-8-5-9-24-15/h3-9,11,14H,10H2,1-2H3,(H,22,23)(H,19,20,21). The Balaban J connectivity index is 2.06. The third kappa shape index (κ3) is 3.54. The summed E-state index contributed by atoms with van der Waals surface area (Å²) in [5, 5.41) is 15.4. The highest BCUT2D eigenvalue weighted by atomic mass is 32.1. The van der Waals surface area contributed by atoms with Crippen LogP contribution in [0.15, 0.2) is 41.8 Å². The van der Waals surface area contributed by atoms with Crippen LogP contribution >= 0.6 is 11.3 Å². The summed E-state index contributed by atoms with van der Waals surface area (Å²) >= 11 is 1.56. The molecule has 0 aliphatic heterocycles. The number of aliphatic carboxylic acids is 1. The second-order valence-electron chi connectivity index (χ2n) is 6.05. The average molecular weight is 341 g/mol. The molecule has 24 heavy (non-hydrogen) atoms. The molecular weight excluding hydrogens is 322 g/mol. The number of para-hydroxylation sites is 1. The maximum Gasteiger partial charge on any atom is 0.326 e. The fraction of sp³-hybridized carbons (Fsp3) is 0.278. The molecule has 0 saturated heterocycles. The number of anilines is 1. The minimum absolute atomic E-state index is 0.267. The molecular formula is C18H19N3O2S. The van der Waals surface area contributed by atoms with Crippen LogP contribution in [0.1, 0.15) is 20.3 Å². The molecule has 1 aromatic carbocycles. The lowest BCUT2D eigenvalue weighted by Gasteiger charge is -2.18. The smallest absolute Gasteiger partial charge is 0.326 e. The van der Waals surface area contributed by atoms with Crippen molar-refractivity contribution in [3.8, 4) is 10.7 Å². The molecule has 3 rings (SSSR count). The molecule has 6 heteroatoms. The van der Waals surface area contributed by atoms with Crippen molar-refractivity contribution < 1.29 is 9.90 Å². The van der Waals surface area contributed by atoms with Gasteiger partial charge in [-0.05, 0) is 35.9 Å². The van der Waals surface area contributed by atoms with Gasteiger partial charge in [-0.1, -0.05) is 32.0 Å². The first-order valence-electron chi connectivity index (χ1n) is 7.84. The third-order valence-electron chi connectivity index (χ3n) is 3.66. The summed E-state index contributed by atoms with van der Waals surface area (Å²) in [5.74, 6) is 0.574. The van der Waals surface area contributed by atoms with Crippen molar-refractivity contribution in [3.05, 3.63) is 41.8 Å². The molecule has 0 radical (unpaired) electrons. The molecule has 3 aromatic rings. The second-order valence-corrected chi connectivity index (χ2v) is 7.00. The van der Waals surface area contributed by atoms with Crippen LogP contribution in [0.3, 0.4) is 0 Å².